The molecule has 0 radical (unpaired) electrons. The first kappa shape index (κ1) is 11.9. The van der Waals surface area contributed by atoms with Gasteiger partial charge in [-0.1, -0.05) is 25.1 Å². The largest absolute Gasteiger partial charge is 0.439 e. The van der Waals surface area contributed by atoms with E-state index in [2.05, 4.69) is 24.0 Å². The van der Waals surface area contributed by atoms with Gasteiger partial charge in [0.25, 0.3) is 0 Å². The van der Waals surface area contributed by atoms with Crippen molar-refractivity contribution in [2.45, 2.75) is 19.2 Å². The number of benzene rings is 1. The predicted molar refractivity (Wildman–Crippen MR) is 69.7 cm³/mol. The molecule has 0 unspecified atom stereocenters. The van der Waals surface area contributed by atoms with Crippen LogP contribution in [0.4, 0.5) is 0 Å². The highest BCUT2D eigenvalue weighted by Gasteiger charge is 1.99. The van der Waals surface area contributed by atoms with E-state index in [0.29, 0.717) is 11.8 Å². The zero-order chi connectivity index (χ0) is 12.1. The van der Waals surface area contributed by atoms with E-state index in [9.17, 15) is 0 Å². The van der Waals surface area contributed by atoms with Crippen LogP contribution in [0.15, 0.2) is 42.6 Å². The minimum atomic E-state index is 0.471. The molecule has 0 N–H and O–H groups in total. The second-order valence-corrected chi connectivity index (χ2v) is 4.01. The molecule has 2 rings (SSSR count). The maximum atomic E-state index is 5.69. The molecule has 1 heterocycles. The third-order valence-corrected chi connectivity index (χ3v) is 2.81. The summed E-state index contributed by atoms with van der Waals surface area (Å²) in [7, 11) is 0. The molecule has 0 aliphatic rings. The van der Waals surface area contributed by atoms with Gasteiger partial charge < -0.3 is 4.74 Å². The standard InChI is InChI=1S/C14H14ClNO/c1-2-11-3-6-13(7-4-11)17-14-8-5-12(9-15)10-16-14/h3-8,10H,2,9H2,1H3. The average molecular weight is 248 g/mol. The lowest BCUT2D eigenvalue weighted by Crippen LogP contribution is -1.89. The van der Waals surface area contributed by atoms with Crippen LogP contribution in [-0.2, 0) is 12.3 Å². The predicted octanol–water partition coefficient (Wildman–Crippen LogP) is 4.18. The fraction of sp³-hybridized carbons (Fsp3) is 0.214. The van der Waals surface area contributed by atoms with Crippen LogP contribution < -0.4 is 4.74 Å². The van der Waals surface area contributed by atoms with Crippen molar-refractivity contribution < 1.29 is 4.74 Å². The molecule has 17 heavy (non-hydrogen) atoms. The molecule has 2 aromatic rings. The van der Waals surface area contributed by atoms with E-state index >= 15 is 0 Å². The summed E-state index contributed by atoms with van der Waals surface area (Å²) in [6.07, 6.45) is 2.76. The van der Waals surface area contributed by atoms with E-state index in [0.717, 1.165) is 17.7 Å². The van der Waals surface area contributed by atoms with Crippen LogP contribution in [0, 0.1) is 0 Å². The van der Waals surface area contributed by atoms with Gasteiger partial charge in [-0.15, -0.1) is 11.6 Å². The minimum Gasteiger partial charge on any atom is -0.439 e. The Bertz CT molecular complexity index is 419. The van der Waals surface area contributed by atoms with Gasteiger partial charge in [0.2, 0.25) is 5.88 Å². The van der Waals surface area contributed by atoms with Crippen LogP contribution in [0.2, 0.25) is 0 Å². The van der Waals surface area contributed by atoms with Crippen molar-refractivity contribution in [3.05, 3.63) is 53.7 Å². The van der Waals surface area contributed by atoms with Crippen LogP contribution in [0.1, 0.15) is 18.1 Å². The maximum absolute atomic E-state index is 5.69. The van der Waals surface area contributed by atoms with E-state index in [1.807, 2.05) is 24.3 Å². The van der Waals surface area contributed by atoms with Crippen molar-refractivity contribution in [1.82, 2.24) is 4.98 Å². The molecule has 1 aromatic heterocycles. The molecule has 0 aliphatic heterocycles. The van der Waals surface area contributed by atoms with Crippen LogP contribution in [0.5, 0.6) is 11.6 Å². The molecule has 0 saturated heterocycles. The zero-order valence-corrected chi connectivity index (χ0v) is 10.4. The fourth-order valence-corrected chi connectivity index (χ4v) is 1.62. The van der Waals surface area contributed by atoms with Crippen LogP contribution in [0.3, 0.4) is 0 Å². The molecule has 3 heteroatoms. The lowest BCUT2D eigenvalue weighted by molar-refractivity contribution is 0.462. The number of pyridine rings is 1. The normalized spacial score (nSPS) is 10.2. The third kappa shape index (κ3) is 3.21. The molecule has 0 aliphatic carbocycles. The molecule has 2 nitrogen and oxygen atoms in total. The SMILES string of the molecule is CCc1ccc(Oc2ccc(CCl)cn2)cc1. The highest BCUT2D eigenvalue weighted by Crippen LogP contribution is 2.20. The number of hydrogen-bond acceptors (Lipinski definition) is 2. The molecular weight excluding hydrogens is 234 g/mol. The zero-order valence-electron chi connectivity index (χ0n) is 9.69. The van der Waals surface area contributed by atoms with Gasteiger partial charge in [0, 0.05) is 18.1 Å². The summed E-state index contributed by atoms with van der Waals surface area (Å²) in [6, 6.07) is 11.8. The fourth-order valence-electron chi connectivity index (χ4n) is 1.46. The quantitative estimate of drug-likeness (QED) is 0.757. The van der Waals surface area contributed by atoms with Gasteiger partial charge in [0.1, 0.15) is 5.75 Å². The molecule has 0 fully saturated rings. The van der Waals surface area contributed by atoms with E-state index in [4.69, 9.17) is 16.3 Å². The van der Waals surface area contributed by atoms with Crippen LogP contribution in [0.25, 0.3) is 0 Å². The number of alkyl halides is 1. The van der Waals surface area contributed by atoms with Gasteiger partial charge in [0.05, 0.1) is 0 Å². The van der Waals surface area contributed by atoms with Crippen molar-refractivity contribution in [2.24, 2.45) is 0 Å². The summed E-state index contributed by atoms with van der Waals surface area (Å²) in [5.74, 6) is 1.86. The number of aryl methyl sites for hydroxylation is 1. The molecule has 88 valence electrons. The van der Waals surface area contributed by atoms with E-state index in [1.54, 1.807) is 6.20 Å². The topological polar surface area (TPSA) is 22.1 Å². The lowest BCUT2D eigenvalue weighted by Gasteiger charge is -2.05. The second kappa shape index (κ2) is 5.69. The average Bonchev–Trinajstić information content (AvgIpc) is 2.40. The van der Waals surface area contributed by atoms with Gasteiger partial charge in [-0.25, -0.2) is 4.98 Å². The third-order valence-electron chi connectivity index (χ3n) is 2.51. The van der Waals surface area contributed by atoms with Crippen molar-refractivity contribution >= 4 is 11.6 Å². The first-order chi connectivity index (χ1) is 8.31. The Labute approximate surface area is 106 Å². The number of aromatic nitrogens is 1. The number of ether oxygens (including phenoxy) is 1. The van der Waals surface area contributed by atoms with Gasteiger partial charge >= 0.3 is 0 Å². The Balaban J connectivity index is 2.08. The lowest BCUT2D eigenvalue weighted by atomic mass is 10.2. The summed E-state index contributed by atoms with van der Waals surface area (Å²) in [5.41, 5.74) is 2.28. The Morgan fingerprint density at radius 3 is 2.29 bits per heavy atom. The molecule has 1 aromatic carbocycles. The molecular formula is C14H14ClNO. The van der Waals surface area contributed by atoms with Crippen LogP contribution >= 0.6 is 11.6 Å². The number of rotatable bonds is 4. The molecule has 0 saturated carbocycles. The van der Waals surface area contributed by atoms with Crippen molar-refractivity contribution in [3.8, 4) is 11.6 Å². The van der Waals surface area contributed by atoms with Gasteiger partial charge in [0.15, 0.2) is 0 Å². The van der Waals surface area contributed by atoms with Crippen molar-refractivity contribution in [2.75, 3.05) is 0 Å². The number of halogens is 1. The molecule has 0 spiro atoms. The summed E-state index contributed by atoms with van der Waals surface area (Å²) >= 11 is 5.69. The van der Waals surface area contributed by atoms with E-state index < -0.39 is 0 Å². The van der Waals surface area contributed by atoms with Crippen molar-refractivity contribution in [3.63, 3.8) is 0 Å². The van der Waals surface area contributed by atoms with E-state index in [1.165, 1.54) is 5.56 Å². The summed E-state index contributed by atoms with van der Waals surface area (Å²) < 4.78 is 5.62. The molecule has 0 atom stereocenters. The Morgan fingerprint density at radius 2 is 1.76 bits per heavy atom. The summed E-state index contributed by atoms with van der Waals surface area (Å²) in [5, 5.41) is 0. The molecule has 0 bridgehead atoms. The van der Waals surface area contributed by atoms with Crippen LogP contribution in [-0.4, -0.2) is 4.98 Å². The highest BCUT2D eigenvalue weighted by atomic mass is 35.5. The number of hydrogen-bond donors (Lipinski definition) is 0. The van der Waals surface area contributed by atoms with Gasteiger partial charge in [-0.05, 0) is 29.7 Å². The summed E-state index contributed by atoms with van der Waals surface area (Å²) in [6.45, 7) is 2.13. The molecule has 0 amide bonds. The summed E-state index contributed by atoms with van der Waals surface area (Å²) in [4.78, 5) is 4.18. The minimum absolute atomic E-state index is 0.471. The monoisotopic (exact) mass is 247 g/mol. The van der Waals surface area contributed by atoms with Gasteiger partial charge in [-0.3, -0.25) is 0 Å². The van der Waals surface area contributed by atoms with Crippen molar-refractivity contribution in [1.29, 1.82) is 0 Å². The second-order valence-electron chi connectivity index (χ2n) is 3.74. The van der Waals surface area contributed by atoms with Gasteiger partial charge in [-0.2, -0.15) is 0 Å². The number of nitrogens with zero attached hydrogens (tertiary/aromatic N) is 1. The first-order valence-electron chi connectivity index (χ1n) is 5.59. The Morgan fingerprint density at radius 1 is 1.06 bits per heavy atom. The van der Waals surface area contributed by atoms with E-state index in [-0.39, 0.29) is 0 Å². The Hall–Kier alpha value is -1.54. The maximum Gasteiger partial charge on any atom is 0.219 e. The smallest absolute Gasteiger partial charge is 0.219 e. The first-order valence-corrected chi connectivity index (χ1v) is 6.13. The highest BCUT2D eigenvalue weighted by molar-refractivity contribution is 6.17. The Kier molecular flexibility index (Phi) is 3.99.